The average molecular weight is 249 g/mol. The molecule has 1 aromatic rings. The van der Waals surface area contributed by atoms with E-state index >= 15 is 0 Å². The number of nitrogens with zero attached hydrogens (tertiary/aromatic N) is 1. The Morgan fingerprint density at radius 1 is 1.39 bits per heavy atom. The van der Waals surface area contributed by atoms with Crippen LogP contribution in [0.4, 0.5) is 11.4 Å². The zero-order chi connectivity index (χ0) is 12.8. The normalized spacial score (nSPS) is 19.7. The first kappa shape index (κ1) is 13.2. The molecule has 1 aliphatic heterocycles. The summed E-state index contributed by atoms with van der Waals surface area (Å²) in [6.45, 7) is 6.88. The molecule has 0 aliphatic carbocycles. The van der Waals surface area contributed by atoms with Gasteiger partial charge in [-0.3, -0.25) is 0 Å². The van der Waals surface area contributed by atoms with Crippen LogP contribution in [0.1, 0.15) is 13.3 Å². The average Bonchev–Trinajstić information content (AvgIpc) is 2.42. The van der Waals surface area contributed by atoms with Crippen molar-refractivity contribution in [3.63, 3.8) is 0 Å². The number of anilines is 2. The number of rotatable bonds is 5. The second-order valence-corrected chi connectivity index (χ2v) is 4.69. The molecule has 1 fully saturated rings. The van der Waals surface area contributed by atoms with E-state index < -0.39 is 0 Å². The fraction of sp³-hybridized carbons (Fsp3) is 0.571. The second kappa shape index (κ2) is 6.61. The molecule has 4 nitrogen and oxygen atoms in total. The van der Waals surface area contributed by atoms with Crippen LogP contribution in [0, 0.1) is 0 Å². The van der Waals surface area contributed by atoms with E-state index in [1.54, 1.807) is 0 Å². The van der Waals surface area contributed by atoms with E-state index in [2.05, 4.69) is 29.3 Å². The smallest absolute Gasteiger partial charge is 0.0620 e. The summed E-state index contributed by atoms with van der Waals surface area (Å²) in [4.78, 5) is 2.37. The lowest BCUT2D eigenvalue weighted by molar-refractivity contribution is 0.0748. The molecule has 0 saturated carbocycles. The summed E-state index contributed by atoms with van der Waals surface area (Å²) in [5.41, 5.74) is 7.77. The Kier molecular flexibility index (Phi) is 4.84. The van der Waals surface area contributed by atoms with Crippen LogP contribution >= 0.6 is 0 Å². The van der Waals surface area contributed by atoms with Crippen molar-refractivity contribution in [2.24, 2.45) is 0 Å². The Morgan fingerprint density at radius 2 is 2.17 bits per heavy atom. The van der Waals surface area contributed by atoms with Crippen LogP contribution in [-0.4, -0.2) is 38.9 Å². The van der Waals surface area contributed by atoms with Gasteiger partial charge >= 0.3 is 0 Å². The summed E-state index contributed by atoms with van der Waals surface area (Å²) >= 11 is 0. The standard InChI is InChI=1S/C14H23N3O/c1-2-17(14-5-3-12(15)4-6-14)9-7-13-11-18-10-8-16-13/h3-6,13,16H,2,7-11,15H2,1H3. The van der Waals surface area contributed by atoms with Crippen molar-refractivity contribution in [2.45, 2.75) is 19.4 Å². The lowest BCUT2D eigenvalue weighted by Crippen LogP contribution is -2.43. The Labute approximate surface area is 109 Å². The van der Waals surface area contributed by atoms with Crippen molar-refractivity contribution in [1.82, 2.24) is 5.32 Å². The van der Waals surface area contributed by atoms with Gasteiger partial charge in [0, 0.05) is 37.1 Å². The third kappa shape index (κ3) is 3.62. The maximum atomic E-state index is 5.71. The molecule has 0 amide bonds. The van der Waals surface area contributed by atoms with Crippen LogP contribution in [0.5, 0.6) is 0 Å². The predicted molar refractivity (Wildman–Crippen MR) is 76.0 cm³/mol. The zero-order valence-corrected chi connectivity index (χ0v) is 11.1. The van der Waals surface area contributed by atoms with Crippen LogP contribution < -0.4 is 16.0 Å². The van der Waals surface area contributed by atoms with Crippen LogP contribution in [0.15, 0.2) is 24.3 Å². The summed E-state index contributed by atoms with van der Waals surface area (Å²) < 4.78 is 5.47. The van der Waals surface area contributed by atoms with Crippen LogP contribution in [-0.2, 0) is 4.74 Å². The van der Waals surface area contributed by atoms with Gasteiger partial charge in [0.15, 0.2) is 0 Å². The van der Waals surface area contributed by atoms with Crippen molar-refractivity contribution >= 4 is 11.4 Å². The number of nitrogen functional groups attached to an aromatic ring is 1. The zero-order valence-electron chi connectivity index (χ0n) is 11.1. The monoisotopic (exact) mass is 249 g/mol. The summed E-state index contributed by atoms with van der Waals surface area (Å²) in [6, 6.07) is 8.58. The number of morpholine rings is 1. The minimum Gasteiger partial charge on any atom is -0.399 e. The number of nitrogens with one attached hydrogen (secondary N) is 1. The SMILES string of the molecule is CCN(CCC1COCCN1)c1ccc(N)cc1. The molecular formula is C14H23N3O. The van der Waals surface area contributed by atoms with Gasteiger partial charge < -0.3 is 20.7 Å². The molecule has 0 spiro atoms. The van der Waals surface area contributed by atoms with E-state index in [4.69, 9.17) is 10.5 Å². The Bertz CT molecular complexity index is 347. The number of nitrogens with two attached hydrogens (primary N) is 1. The van der Waals surface area contributed by atoms with Crippen molar-refractivity contribution in [3.05, 3.63) is 24.3 Å². The van der Waals surface area contributed by atoms with Gasteiger partial charge in [0.25, 0.3) is 0 Å². The summed E-state index contributed by atoms with van der Waals surface area (Å²) in [5, 5.41) is 3.49. The van der Waals surface area contributed by atoms with E-state index in [9.17, 15) is 0 Å². The molecule has 0 radical (unpaired) electrons. The highest BCUT2D eigenvalue weighted by Crippen LogP contribution is 2.16. The summed E-state index contributed by atoms with van der Waals surface area (Å²) in [5.74, 6) is 0. The number of hydrogen-bond acceptors (Lipinski definition) is 4. The van der Waals surface area contributed by atoms with Gasteiger partial charge in [0.05, 0.1) is 13.2 Å². The summed E-state index contributed by atoms with van der Waals surface area (Å²) in [7, 11) is 0. The highest BCUT2D eigenvalue weighted by molar-refractivity contribution is 5.52. The highest BCUT2D eigenvalue weighted by atomic mass is 16.5. The number of hydrogen-bond donors (Lipinski definition) is 2. The van der Waals surface area contributed by atoms with Gasteiger partial charge in [0.1, 0.15) is 0 Å². The number of benzene rings is 1. The molecule has 2 rings (SSSR count). The number of ether oxygens (including phenoxy) is 1. The molecule has 1 heterocycles. The molecule has 18 heavy (non-hydrogen) atoms. The minimum atomic E-state index is 0.488. The topological polar surface area (TPSA) is 50.5 Å². The Morgan fingerprint density at radius 3 is 2.78 bits per heavy atom. The molecular weight excluding hydrogens is 226 g/mol. The van der Waals surface area contributed by atoms with E-state index in [1.165, 1.54) is 5.69 Å². The van der Waals surface area contributed by atoms with Crippen LogP contribution in [0.3, 0.4) is 0 Å². The first-order valence-electron chi connectivity index (χ1n) is 6.71. The van der Waals surface area contributed by atoms with Crippen molar-refractivity contribution < 1.29 is 4.74 Å². The molecule has 4 heteroatoms. The quantitative estimate of drug-likeness (QED) is 0.776. The van der Waals surface area contributed by atoms with Gasteiger partial charge in [0.2, 0.25) is 0 Å². The first-order valence-corrected chi connectivity index (χ1v) is 6.71. The second-order valence-electron chi connectivity index (χ2n) is 4.69. The van der Waals surface area contributed by atoms with E-state index in [1.807, 2.05) is 12.1 Å². The lowest BCUT2D eigenvalue weighted by atomic mass is 10.1. The molecule has 1 aromatic carbocycles. The van der Waals surface area contributed by atoms with Gasteiger partial charge in [-0.25, -0.2) is 0 Å². The molecule has 0 bridgehead atoms. The molecule has 1 saturated heterocycles. The Balaban J connectivity index is 1.86. The van der Waals surface area contributed by atoms with E-state index in [0.29, 0.717) is 6.04 Å². The van der Waals surface area contributed by atoms with Crippen molar-refractivity contribution in [3.8, 4) is 0 Å². The molecule has 1 unspecified atom stereocenters. The molecule has 0 aromatic heterocycles. The largest absolute Gasteiger partial charge is 0.399 e. The fourth-order valence-corrected chi connectivity index (χ4v) is 2.27. The molecule has 1 aliphatic rings. The van der Waals surface area contributed by atoms with E-state index in [-0.39, 0.29) is 0 Å². The molecule has 3 N–H and O–H groups in total. The van der Waals surface area contributed by atoms with Gasteiger partial charge in [-0.2, -0.15) is 0 Å². The fourth-order valence-electron chi connectivity index (χ4n) is 2.27. The van der Waals surface area contributed by atoms with E-state index in [0.717, 1.165) is 45.0 Å². The predicted octanol–water partition coefficient (Wildman–Crippen LogP) is 1.47. The minimum absolute atomic E-state index is 0.488. The van der Waals surface area contributed by atoms with Crippen LogP contribution in [0.25, 0.3) is 0 Å². The van der Waals surface area contributed by atoms with Crippen molar-refractivity contribution in [1.29, 1.82) is 0 Å². The van der Waals surface area contributed by atoms with Gasteiger partial charge in [-0.15, -0.1) is 0 Å². The third-order valence-electron chi connectivity index (χ3n) is 3.39. The third-order valence-corrected chi connectivity index (χ3v) is 3.39. The van der Waals surface area contributed by atoms with Crippen molar-refractivity contribution in [2.75, 3.05) is 43.5 Å². The highest BCUT2D eigenvalue weighted by Gasteiger charge is 2.14. The maximum Gasteiger partial charge on any atom is 0.0620 e. The lowest BCUT2D eigenvalue weighted by Gasteiger charge is -2.28. The van der Waals surface area contributed by atoms with Crippen LogP contribution in [0.2, 0.25) is 0 Å². The first-order chi connectivity index (χ1) is 8.79. The van der Waals surface area contributed by atoms with Gasteiger partial charge in [-0.1, -0.05) is 0 Å². The molecule has 100 valence electrons. The molecule has 1 atom stereocenters. The maximum absolute atomic E-state index is 5.71. The van der Waals surface area contributed by atoms with Gasteiger partial charge in [-0.05, 0) is 37.6 Å². The Hall–Kier alpha value is -1.26. The summed E-state index contributed by atoms with van der Waals surface area (Å²) in [6.07, 6.45) is 1.11.